The summed E-state index contributed by atoms with van der Waals surface area (Å²) in [5, 5.41) is 3.19. The van der Waals surface area contributed by atoms with E-state index in [1.807, 2.05) is 6.92 Å². The fourth-order valence-corrected chi connectivity index (χ4v) is 1.36. The fourth-order valence-electron chi connectivity index (χ4n) is 1.36. The Hall–Kier alpha value is -0.290. The van der Waals surface area contributed by atoms with E-state index in [9.17, 15) is 13.2 Å². The van der Waals surface area contributed by atoms with Gasteiger partial charge in [-0.3, -0.25) is 0 Å². The van der Waals surface area contributed by atoms with E-state index in [4.69, 9.17) is 4.74 Å². The lowest BCUT2D eigenvalue weighted by Gasteiger charge is -2.18. The molecule has 0 amide bonds. The van der Waals surface area contributed by atoms with Gasteiger partial charge in [-0.1, -0.05) is 13.3 Å². The van der Waals surface area contributed by atoms with Gasteiger partial charge in [-0.05, 0) is 19.3 Å². The Morgan fingerprint density at radius 3 is 2.53 bits per heavy atom. The van der Waals surface area contributed by atoms with Crippen molar-refractivity contribution in [2.75, 3.05) is 13.2 Å². The Kier molecular flexibility index (Phi) is 4.86. The first kappa shape index (κ1) is 12.8. The molecule has 0 heterocycles. The second-order valence-corrected chi connectivity index (χ2v) is 4.02. The minimum Gasteiger partial charge on any atom is -0.367 e. The van der Waals surface area contributed by atoms with Crippen LogP contribution >= 0.6 is 0 Å². The summed E-state index contributed by atoms with van der Waals surface area (Å²) in [6.07, 6.45) is -0.732. The summed E-state index contributed by atoms with van der Waals surface area (Å²) in [4.78, 5) is 0. The molecule has 1 aliphatic rings. The van der Waals surface area contributed by atoms with Crippen molar-refractivity contribution in [1.29, 1.82) is 0 Å². The van der Waals surface area contributed by atoms with Crippen LogP contribution in [0.4, 0.5) is 13.2 Å². The molecule has 0 radical (unpaired) electrons. The molecule has 0 aromatic rings. The lowest BCUT2D eigenvalue weighted by Crippen LogP contribution is -2.33. The molecule has 0 bridgehead atoms. The van der Waals surface area contributed by atoms with E-state index in [0.717, 1.165) is 19.3 Å². The maximum atomic E-state index is 11.9. The molecule has 0 aliphatic heterocycles. The monoisotopic (exact) mass is 225 g/mol. The third kappa shape index (κ3) is 6.73. The van der Waals surface area contributed by atoms with E-state index >= 15 is 0 Å². The van der Waals surface area contributed by atoms with E-state index in [1.54, 1.807) is 0 Å². The molecule has 1 rings (SSSR count). The molecular formula is C10H18F3NO. The third-order valence-electron chi connectivity index (χ3n) is 2.30. The van der Waals surface area contributed by atoms with Crippen LogP contribution in [0.2, 0.25) is 0 Å². The molecule has 0 aromatic heterocycles. The van der Waals surface area contributed by atoms with Crippen LogP contribution in [0.25, 0.3) is 0 Å². The van der Waals surface area contributed by atoms with Crippen molar-refractivity contribution in [3.8, 4) is 0 Å². The minimum absolute atomic E-state index is 0.308. The fraction of sp³-hybridized carbons (Fsp3) is 1.00. The predicted molar refractivity (Wildman–Crippen MR) is 51.7 cm³/mol. The quantitative estimate of drug-likeness (QED) is 0.718. The second kappa shape index (κ2) is 5.70. The van der Waals surface area contributed by atoms with Crippen LogP contribution in [0, 0.1) is 0 Å². The zero-order valence-corrected chi connectivity index (χ0v) is 8.94. The normalized spacial score (nSPS) is 19.2. The average Bonchev–Trinajstić information content (AvgIpc) is 2.92. The van der Waals surface area contributed by atoms with E-state index in [1.165, 1.54) is 0 Å². The van der Waals surface area contributed by atoms with Crippen molar-refractivity contribution in [1.82, 2.24) is 5.32 Å². The summed E-state index contributed by atoms with van der Waals surface area (Å²) < 4.78 is 40.6. The zero-order valence-electron chi connectivity index (χ0n) is 8.94. The van der Waals surface area contributed by atoms with Crippen molar-refractivity contribution < 1.29 is 17.9 Å². The molecular weight excluding hydrogens is 207 g/mol. The molecule has 1 unspecified atom stereocenters. The molecule has 0 aromatic carbocycles. The molecule has 0 saturated heterocycles. The van der Waals surface area contributed by atoms with Gasteiger partial charge < -0.3 is 10.1 Å². The predicted octanol–water partition coefficient (Wildman–Crippen LogP) is 2.49. The lowest BCUT2D eigenvalue weighted by atomic mass is 10.2. The second-order valence-electron chi connectivity index (χ2n) is 4.02. The Morgan fingerprint density at radius 1 is 1.40 bits per heavy atom. The first-order valence-corrected chi connectivity index (χ1v) is 5.43. The summed E-state index contributed by atoms with van der Waals surface area (Å²) in [7, 11) is 0. The highest BCUT2D eigenvalue weighted by atomic mass is 19.4. The Balaban J connectivity index is 2.16. The van der Waals surface area contributed by atoms with Crippen LogP contribution in [-0.2, 0) is 4.74 Å². The molecule has 15 heavy (non-hydrogen) atoms. The smallest absolute Gasteiger partial charge is 0.367 e. The number of nitrogens with one attached hydrogen (secondary N) is 1. The average molecular weight is 225 g/mol. The first-order chi connectivity index (χ1) is 7.01. The van der Waals surface area contributed by atoms with Crippen LogP contribution in [0.3, 0.4) is 0 Å². The Morgan fingerprint density at radius 2 is 2.07 bits per heavy atom. The highest BCUT2D eigenvalue weighted by Crippen LogP contribution is 2.20. The highest BCUT2D eigenvalue weighted by molar-refractivity contribution is 4.82. The summed E-state index contributed by atoms with van der Waals surface area (Å²) in [6, 6.07) is 0.513. The van der Waals surface area contributed by atoms with Gasteiger partial charge in [-0.25, -0.2) is 0 Å². The van der Waals surface area contributed by atoms with E-state index in [0.29, 0.717) is 19.0 Å². The van der Waals surface area contributed by atoms with Gasteiger partial charge in [0.15, 0.2) is 0 Å². The third-order valence-corrected chi connectivity index (χ3v) is 2.30. The lowest BCUT2D eigenvalue weighted by molar-refractivity contribution is -0.185. The maximum absolute atomic E-state index is 11.9. The summed E-state index contributed by atoms with van der Waals surface area (Å²) >= 11 is 0. The van der Waals surface area contributed by atoms with E-state index in [-0.39, 0.29) is 6.10 Å². The molecule has 0 spiro atoms. The number of hydrogen-bond acceptors (Lipinski definition) is 2. The van der Waals surface area contributed by atoms with Crippen molar-refractivity contribution >= 4 is 0 Å². The van der Waals surface area contributed by atoms with Gasteiger partial charge in [0.25, 0.3) is 0 Å². The summed E-state index contributed by atoms with van der Waals surface area (Å²) in [5.74, 6) is 0. The van der Waals surface area contributed by atoms with Gasteiger partial charge in [0.2, 0.25) is 0 Å². The minimum atomic E-state index is -4.22. The first-order valence-electron chi connectivity index (χ1n) is 5.43. The number of rotatable bonds is 7. The largest absolute Gasteiger partial charge is 0.411 e. The highest BCUT2D eigenvalue weighted by Gasteiger charge is 2.29. The van der Waals surface area contributed by atoms with Gasteiger partial charge in [0.05, 0.1) is 6.10 Å². The SMILES string of the molecule is CCCC(CNC1CC1)OCC(F)(F)F. The Labute approximate surface area is 88.2 Å². The van der Waals surface area contributed by atoms with Gasteiger partial charge in [0, 0.05) is 12.6 Å². The Bertz CT molecular complexity index is 180. The van der Waals surface area contributed by atoms with Crippen LogP contribution in [0.1, 0.15) is 32.6 Å². The van der Waals surface area contributed by atoms with Crippen LogP contribution < -0.4 is 5.32 Å². The van der Waals surface area contributed by atoms with Gasteiger partial charge >= 0.3 is 6.18 Å². The van der Waals surface area contributed by atoms with Crippen LogP contribution in [0.5, 0.6) is 0 Å². The van der Waals surface area contributed by atoms with Crippen molar-refractivity contribution in [3.63, 3.8) is 0 Å². The summed E-state index contributed by atoms with van der Waals surface area (Å²) in [5.41, 5.74) is 0. The van der Waals surface area contributed by atoms with Crippen LogP contribution in [-0.4, -0.2) is 31.5 Å². The molecule has 5 heteroatoms. The number of halogens is 3. The van der Waals surface area contributed by atoms with Gasteiger partial charge in [-0.15, -0.1) is 0 Å². The molecule has 1 fully saturated rings. The number of hydrogen-bond donors (Lipinski definition) is 1. The molecule has 1 atom stereocenters. The van der Waals surface area contributed by atoms with E-state index < -0.39 is 12.8 Å². The van der Waals surface area contributed by atoms with Gasteiger partial charge in [-0.2, -0.15) is 13.2 Å². The number of ether oxygens (including phenoxy) is 1. The molecule has 1 aliphatic carbocycles. The standard InChI is InChI=1S/C10H18F3NO/c1-2-3-9(6-14-8-4-5-8)15-7-10(11,12)13/h8-9,14H,2-7H2,1H3. The molecule has 1 N–H and O–H groups in total. The van der Waals surface area contributed by atoms with Crippen LogP contribution in [0.15, 0.2) is 0 Å². The van der Waals surface area contributed by atoms with Crippen molar-refractivity contribution in [3.05, 3.63) is 0 Å². The van der Waals surface area contributed by atoms with E-state index in [2.05, 4.69) is 5.32 Å². The van der Waals surface area contributed by atoms with Gasteiger partial charge in [0.1, 0.15) is 6.61 Å². The molecule has 90 valence electrons. The topological polar surface area (TPSA) is 21.3 Å². The van der Waals surface area contributed by atoms with Crippen molar-refractivity contribution in [2.24, 2.45) is 0 Å². The molecule has 1 saturated carbocycles. The molecule has 2 nitrogen and oxygen atoms in total. The maximum Gasteiger partial charge on any atom is 0.411 e. The zero-order chi connectivity index (χ0) is 11.3. The summed E-state index contributed by atoms with van der Waals surface area (Å²) in [6.45, 7) is 1.35. The number of alkyl halides is 3. The van der Waals surface area contributed by atoms with Crippen molar-refractivity contribution in [2.45, 2.75) is 50.9 Å².